The van der Waals surface area contributed by atoms with Crippen LogP contribution in [0, 0.1) is 18.7 Å². The number of hydrogen-bond acceptors (Lipinski definition) is 6. The van der Waals surface area contributed by atoms with Gasteiger partial charge in [0, 0.05) is 44.2 Å². The number of carbonyl (C=O) groups excluding carboxylic acids is 2. The maximum atomic E-state index is 14.7. The van der Waals surface area contributed by atoms with Crippen LogP contribution in [0.1, 0.15) is 36.1 Å². The van der Waals surface area contributed by atoms with E-state index in [4.69, 9.17) is 5.73 Å². The smallest absolute Gasteiger partial charge is 0.320 e. The minimum absolute atomic E-state index is 0.298. The van der Waals surface area contributed by atoms with Crippen LogP contribution >= 0.6 is 0 Å². The Kier molecular flexibility index (Phi) is 7.44. The fourth-order valence-electron chi connectivity index (χ4n) is 4.81. The zero-order valence-electron chi connectivity index (χ0n) is 21.3. The topological polar surface area (TPSA) is 130 Å². The molecule has 10 nitrogen and oxygen atoms in total. The molecule has 0 aliphatic carbocycles. The molecule has 1 aliphatic heterocycles. The van der Waals surface area contributed by atoms with E-state index in [9.17, 15) is 19.1 Å². The van der Waals surface area contributed by atoms with E-state index in [0.717, 1.165) is 16.0 Å². The maximum absolute atomic E-state index is 14.7. The molecule has 3 aromatic rings. The van der Waals surface area contributed by atoms with Gasteiger partial charge in [0.15, 0.2) is 0 Å². The first kappa shape index (κ1) is 26.1. The number of imidazole rings is 1. The Morgan fingerprint density at radius 1 is 1.24 bits per heavy atom. The van der Waals surface area contributed by atoms with Crippen LogP contribution in [0.5, 0.6) is 0 Å². The molecular formula is C26H32FN7O3. The largest absolute Gasteiger partial charge is 0.384 e. The number of likely N-dealkylation sites (tertiary alicyclic amines) is 1. The minimum atomic E-state index is -1.24. The van der Waals surface area contributed by atoms with Crippen LogP contribution in [0.4, 0.5) is 21.0 Å². The highest BCUT2D eigenvalue weighted by molar-refractivity contribution is 5.99. The fraction of sp³-hybridized carbons (Fsp3) is 0.385. The summed E-state index contributed by atoms with van der Waals surface area (Å²) >= 11 is 0. The van der Waals surface area contributed by atoms with Crippen molar-refractivity contribution < 1.29 is 19.1 Å². The van der Waals surface area contributed by atoms with Crippen molar-refractivity contribution in [2.24, 2.45) is 13.0 Å². The molecular weight excluding hydrogens is 477 g/mol. The van der Waals surface area contributed by atoms with E-state index in [2.05, 4.69) is 15.3 Å². The fourth-order valence-corrected chi connectivity index (χ4v) is 4.81. The highest BCUT2D eigenvalue weighted by Crippen LogP contribution is 2.36. The molecule has 4 rings (SSSR count). The number of nitrogen functional groups attached to an aromatic ring is 1. The minimum Gasteiger partial charge on any atom is -0.384 e. The summed E-state index contributed by atoms with van der Waals surface area (Å²) in [7, 11) is 3.33. The number of nitrogens with one attached hydrogen (secondary N) is 1. The number of amides is 3. The Labute approximate surface area is 214 Å². The molecule has 4 atom stereocenters. The van der Waals surface area contributed by atoms with Gasteiger partial charge in [0.25, 0.3) is 5.91 Å². The zero-order chi connectivity index (χ0) is 26.9. The van der Waals surface area contributed by atoms with Crippen molar-refractivity contribution in [2.45, 2.75) is 45.0 Å². The van der Waals surface area contributed by atoms with Gasteiger partial charge in [-0.15, -0.1) is 0 Å². The van der Waals surface area contributed by atoms with E-state index < -0.39 is 42.0 Å². The Morgan fingerprint density at radius 3 is 2.62 bits per heavy atom. The Bertz CT molecular complexity index is 1300. The Morgan fingerprint density at radius 2 is 2.00 bits per heavy atom. The molecule has 0 radical (unpaired) electrons. The van der Waals surface area contributed by atoms with E-state index in [1.54, 1.807) is 68.4 Å². The van der Waals surface area contributed by atoms with Crippen LogP contribution in [0.15, 0.2) is 48.9 Å². The van der Waals surface area contributed by atoms with Gasteiger partial charge in [-0.05, 0) is 49.1 Å². The SMILES string of the molecule is CC[C@@H](NC(=O)N1C(O)[C@H](Cc2ccnc(N)c2)[C@H]1C(=O)N(C)c1nccn1C)c1ccc(C)cc1F. The molecule has 1 fully saturated rings. The number of urea groups is 1. The molecule has 3 heterocycles. The van der Waals surface area contributed by atoms with Crippen molar-refractivity contribution in [2.75, 3.05) is 17.7 Å². The van der Waals surface area contributed by atoms with E-state index >= 15 is 0 Å². The molecule has 11 heteroatoms. The summed E-state index contributed by atoms with van der Waals surface area (Å²) in [5.74, 6) is -0.714. The van der Waals surface area contributed by atoms with Gasteiger partial charge in [0.2, 0.25) is 5.95 Å². The van der Waals surface area contributed by atoms with Gasteiger partial charge >= 0.3 is 6.03 Å². The standard InChI is InChI=1S/C26H32FN7O3/c1-5-20(17-7-6-15(2)12-19(17)27)31-26(37)34-22(24(36)33(4)25-30-10-11-32(25)3)18(23(34)35)13-16-8-9-29-21(28)14-16/h6-12,14,18,20,22-23,35H,5,13H2,1-4H3,(H2,28,29)(H,31,37)/t18-,20-,22+,23?/m1/s1. The average molecular weight is 510 g/mol. The normalized spacial score (nSPS) is 19.7. The highest BCUT2D eigenvalue weighted by Gasteiger charge is 2.55. The molecule has 1 saturated heterocycles. The molecule has 3 amide bonds. The predicted molar refractivity (Wildman–Crippen MR) is 137 cm³/mol. The van der Waals surface area contributed by atoms with Gasteiger partial charge < -0.3 is 20.7 Å². The van der Waals surface area contributed by atoms with Crippen molar-refractivity contribution in [1.29, 1.82) is 0 Å². The summed E-state index contributed by atoms with van der Waals surface area (Å²) in [6.07, 6.45) is 4.31. The Hall–Kier alpha value is -3.99. The first-order chi connectivity index (χ1) is 17.6. The van der Waals surface area contributed by atoms with Gasteiger partial charge in [-0.3, -0.25) is 14.6 Å². The number of aliphatic hydroxyl groups excluding tert-OH is 1. The summed E-state index contributed by atoms with van der Waals surface area (Å²) in [6.45, 7) is 3.61. The molecule has 0 saturated carbocycles. The molecule has 196 valence electrons. The number of hydrogen-bond donors (Lipinski definition) is 3. The van der Waals surface area contributed by atoms with Gasteiger partial charge in [-0.2, -0.15) is 0 Å². The zero-order valence-corrected chi connectivity index (χ0v) is 21.3. The second-order valence-corrected chi connectivity index (χ2v) is 9.39. The number of nitrogens with two attached hydrogens (primary N) is 1. The first-order valence-electron chi connectivity index (χ1n) is 12.1. The van der Waals surface area contributed by atoms with E-state index in [0.29, 0.717) is 30.2 Å². The van der Waals surface area contributed by atoms with E-state index in [-0.39, 0.29) is 0 Å². The lowest BCUT2D eigenvalue weighted by Gasteiger charge is -2.52. The number of likely N-dealkylation sites (N-methyl/N-ethyl adjacent to an activating group) is 1. The highest BCUT2D eigenvalue weighted by atomic mass is 19.1. The molecule has 1 aromatic carbocycles. The van der Waals surface area contributed by atoms with E-state index in [1.165, 1.54) is 11.0 Å². The summed E-state index contributed by atoms with van der Waals surface area (Å²) in [5, 5.41) is 13.9. The average Bonchev–Trinajstić information content (AvgIpc) is 3.29. The lowest BCUT2D eigenvalue weighted by molar-refractivity contribution is -0.164. The summed E-state index contributed by atoms with van der Waals surface area (Å²) in [6, 6.07) is 5.98. The number of pyridine rings is 1. The quantitative estimate of drug-likeness (QED) is 0.449. The van der Waals surface area contributed by atoms with Gasteiger partial charge in [0.05, 0.1) is 6.04 Å². The molecule has 1 aliphatic rings. The number of aryl methyl sites for hydroxylation is 2. The van der Waals surface area contributed by atoms with Gasteiger partial charge in [0.1, 0.15) is 23.9 Å². The summed E-state index contributed by atoms with van der Waals surface area (Å²) < 4.78 is 16.3. The third-order valence-corrected chi connectivity index (χ3v) is 6.84. The number of benzene rings is 1. The lowest BCUT2D eigenvalue weighted by atomic mass is 9.80. The van der Waals surface area contributed by atoms with Crippen molar-refractivity contribution in [3.8, 4) is 0 Å². The Balaban J connectivity index is 1.61. The lowest BCUT2D eigenvalue weighted by Crippen LogP contribution is -2.72. The van der Waals surface area contributed by atoms with E-state index in [1.807, 2.05) is 6.92 Å². The molecule has 0 bridgehead atoms. The summed E-state index contributed by atoms with van der Waals surface area (Å²) in [5.41, 5.74) is 7.70. The second kappa shape index (κ2) is 10.6. The van der Waals surface area contributed by atoms with Crippen molar-refractivity contribution in [1.82, 2.24) is 24.8 Å². The van der Waals surface area contributed by atoms with Gasteiger partial charge in [-0.1, -0.05) is 19.1 Å². The van der Waals surface area contributed by atoms with Crippen molar-refractivity contribution in [3.05, 3.63) is 71.4 Å². The second-order valence-electron chi connectivity index (χ2n) is 9.39. The molecule has 1 unspecified atom stereocenters. The number of halogens is 1. The monoisotopic (exact) mass is 509 g/mol. The number of aromatic nitrogens is 3. The number of nitrogens with zero attached hydrogens (tertiary/aromatic N) is 5. The molecule has 37 heavy (non-hydrogen) atoms. The van der Waals surface area contributed by atoms with Crippen LogP contribution in [-0.2, 0) is 18.3 Å². The molecule has 4 N–H and O–H groups in total. The molecule has 0 spiro atoms. The predicted octanol–water partition coefficient (Wildman–Crippen LogP) is 2.53. The van der Waals surface area contributed by atoms with Gasteiger partial charge in [-0.25, -0.2) is 19.2 Å². The van der Waals surface area contributed by atoms with Crippen LogP contribution < -0.4 is 16.0 Å². The van der Waals surface area contributed by atoms with Crippen molar-refractivity contribution in [3.63, 3.8) is 0 Å². The third kappa shape index (κ3) is 5.12. The van der Waals surface area contributed by atoms with Crippen LogP contribution in [0.25, 0.3) is 0 Å². The first-order valence-corrected chi connectivity index (χ1v) is 12.1. The number of anilines is 2. The number of carbonyl (C=O) groups is 2. The number of rotatable bonds is 7. The third-order valence-electron chi connectivity index (χ3n) is 6.84. The molecule has 2 aromatic heterocycles. The van der Waals surface area contributed by atoms with Crippen LogP contribution in [0.2, 0.25) is 0 Å². The summed E-state index contributed by atoms with van der Waals surface area (Å²) in [4.78, 5) is 37.8. The van der Waals surface area contributed by atoms with Crippen LogP contribution in [-0.4, -0.2) is 55.8 Å². The maximum Gasteiger partial charge on any atom is 0.320 e. The number of aliphatic hydroxyl groups is 1. The van der Waals surface area contributed by atoms with Crippen LogP contribution in [0.3, 0.4) is 0 Å². The van der Waals surface area contributed by atoms with Crippen molar-refractivity contribution >= 4 is 23.7 Å².